The number of halogens is 3. The molecule has 33 heteroatoms. The number of aliphatic hydroxyl groups is 4. The van der Waals surface area contributed by atoms with Crippen molar-refractivity contribution in [2.75, 3.05) is 19.8 Å². The van der Waals surface area contributed by atoms with E-state index in [1.807, 2.05) is 31.2 Å². The van der Waals surface area contributed by atoms with Gasteiger partial charge in [-0.1, -0.05) is 58.6 Å². The summed E-state index contributed by atoms with van der Waals surface area (Å²) >= 11 is 16.9. The molecule has 4 aromatic rings. The minimum absolute atomic E-state index is 0.0690. The molecule has 3 fully saturated rings. The van der Waals surface area contributed by atoms with Gasteiger partial charge in [-0.15, -0.1) is 0 Å². The fraction of sp³-hybridized carbons (Fsp3) is 0.455. The van der Waals surface area contributed by atoms with Crippen LogP contribution in [0.25, 0.3) is 0 Å². The number of nitrogens with zero attached hydrogens (tertiary/aromatic N) is 3. The van der Waals surface area contributed by atoms with Gasteiger partial charge < -0.3 is 34.6 Å². The predicted octanol–water partition coefficient (Wildman–Crippen LogP) is 2.23. The lowest BCUT2D eigenvalue weighted by Crippen LogP contribution is -2.44. The van der Waals surface area contributed by atoms with Gasteiger partial charge in [0.2, 0.25) is 9.03 Å². The maximum atomic E-state index is 12.9. The summed E-state index contributed by atoms with van der Waals surface area (Å²) in [6, 6.07) is 14.1. The molecule has 2 amide bonds. The van der Waals surface area contributed by atoms with Crippen LogP contribution in [-0.4, -0.2) is 138 Å². The largest absolute Gasteiger partial charge is 0.394 e. The minimum atomic E-state index is -1.76. The molecule has 0 saturated carbocycles. The van der Waals surface area contributed by atoms with Crippen LogP contribution in [0.1, 0.15) is 43.3 Å². The second kappa shape index (κ2) is 27.6. The first-order valence-corrected chi connectivity index (χ1v) is 31.4. The summed E-state index contributed by atoms with van der Waals surface area (Å²) in [5, 5.41) is 49.7. The summed E-state index contributed by atoms with van der Waals surface area (Å²) in [7, 11) is -2.16. The second-order valence-corrected chi connectivity index (χ2v) is 30.0. The maximum Gasteiger partial charge on any atom is 0.330 e. The first-order valence-electron chi connectivity index (χ1n) is 22.6. The van der Waals surface area contributed by atoms with E-state index in [2.05, 4.69) is 15.3 Å². The van der Waals surface area contributed by atoms with E-state index in [4.69, 9.17) is 49.0 Å². The van der Waals surface area contributed by atoms with Gasteiger partial charge in [-0.3, -0.25) is 53.7 Å². The topological polar surface area (TPSA) is 359 Å². The molecule has 77 heavy (non-hydrogen) atoms. The van der Waals surface area contributed by atoms with Crippen molar-refractivity contribution in [3.63, 3.8) is 0 Å². The third-order valence-electron chi connectivity index (χ3n) is 11.9. The number of hydrogen-bond acceptors (Lipinski definition) is 21. The number of aromatic amines is 2. The SMILES string of the molecule is CC1=CC([C@H]2C[C@@H](S(=O)SC(Cl)(Cl)Cl)[C@@H](CO)O2)C(=O)NC1=O.Cc1ccc(SS(=O)C2[C@@H](O)[C@@H](CO)O[C@H]2n2ccc(=O)[nH]c2=O)cc1.Cc1cn([C@H]2C[C@@H](S(=O)Sc3ccc([N+](=O)[O-])cc3)[C@@H](CO)O2)c(=O)[nH]c1=O. The molecule has 0 spiro atoms. The van der Waals surface area contributed by atoms with E-state index < -0.39 is 143 Å². The van der Waals surface area contributed by atoms with Crippen LogP contribution in [0.15, 0.2) is 108 Å². The smallest absolute Gasteiger partial charge is 0.330 e. The highest BCUT2D eigenvalue weighted by molar-refractivity contribution is 8.71. The third kappa shape index (κ3) is 16.2. The molecule has 4 aliphatic rings. The standard InChI is InChI=1S/C16H17N3O7S2.C16H18N2O6S2.C12H14Cl3NO5S2/c1-9-7-18(16(22)17-15(9)21)14-6-13(12(8-20)26-14)28(25)27-11-4-2-10(3-5-11)19(23)24;1-9-2-4-10(5-3-9)25-26(23)14-13(21)11(8-19)24-15(14)18-7-6-12(20)17-16(18)22;1-5-2-6(11(19)16-10(5)18)7-3-9(8(4-17)21-7)23(20)22-12(13,14)15/h2-5,7,12-14,20H,6,8H2,1H3,(H,17,21,22);2-7,11,13-15,19,21H,8H2,1H3,(H,17,20,22);2,6-9,17H,3-4H2,1H3,(H,16,18,19)/t12-,13-,14-,28?;11-,13+,14?,15-,26?;6?,7-,8-,9-,23?/m111/s1. The number of amides is 2. The maximum absolute atomic E-state index is 12.9. The molecular formula is C44H49Cl3N6O18S6. The predicted molar refractivity (Wildman–Crippen MR) is 290 cm³/mol. The zero-order valence-electron chi connectivity index (χ0n) is 40.2. The molecule has 14 atom stereocenters. The average Bonchev–Trinajstić information content (AvgIpc) is 4.11. The molecule has 4 aliphatic heterocycles. The zero-order valence-corrected chi connectivity index (χ0v) is 47.4. The Labute approximate surface area is 469 Å². The van der Waals surface area contributed by atoms with E-state index in [1.54, 1.807) is 13.8 Å². The number of carbonyl (C=O) groups is 2. The molecule has 5 unspecified atom stereocenters. The van der Waals surface area contributed by atoms with Crippen molar-refractivity contribution in [2.45, 2.75) is 105 Å². The van der Waals surface area contributed by atoms with E-state index in [0.29, 0.717) is 26.8 Å². The summed E-state index contributed by atoms with van der Waals surface area (Å²) < 4.78 is 55.4. The van der Waals surface area contributed by atoms with Gasteiger partial charge in [0.05, 0.1) is 89.0 Å². The van der Waals surface area contributed by atoms with Crippen LogP contribution >= 0.6 is 67.2 Å². The van der Waals surface area contributed by atoms with Gasteiger partial charge in [-0.05, 0) is 83.8 Å². The number of nitro benzene ring substituents is 1. The molecule has 6 heterocycles. The number of aryl methyl sites for hydroxylation is 2. The Hall–Kier alpha value is -3.83. The molecule has 0 bridgehead atoms. The summed E-state index contributed by atoms with van der Waals surface area (Å²) in [4.78, 5) is 86.1. The lowest BCUT2D eigenvalue weighted by Gasteiger charge is -2.23. The van der Waals surface area contributed by atoms with Crippen molar-refractivity contribution in [1.29, 1.82) is 0 Å². The van der Waals surface area contributed by atoms with Crippen LogP contribution < -0.4 is 27.8 Å². The number of alkyl halides is 3. The summed E-state index contributed by atoms with van der Waals surface area (Å²) in [6.45, 7) is 3.83. The lowest BCUT2D eigenvalue weighted by atomic mass is 9.93. The van der Waals surface area contributed by atoms with Crippen LogP contribution in [0.4, 0.5) is 5.69 Å². The van der Waals surface area contributed by atoms with Crippen molar-refractivity contribution < 1.29 is 61.8 Å². The fourth-order valence-corrected chi connectivity index (χ4v) is 18.6. The van der Waals surface area contributed by atoms with Crippen LogP contribution in [0.5, 0.6) is 0 Å². The van der Waals surface area contributed by atoms with Crippen molar-refractivity contribution in [1.82, 2.24) is 24.4 Å². The Kier molecular flexibility index (Phi) is 22.3. The molecule has 2 aromatic carbocycles. The quantitative estimate of drug-likeness (QED) is 0.0295. The van der Waals surface area contributed by atoms with Crippen molar-refractivity contribution in [2.24, 2.45) is 5.92 Å². The number of ether oxygens (including phenoxy) is 3. The number of aliphatic hydroxyl groups excluding tert-OH is 4. The van der Waals surface area contributed by atoms with Crippen LogP contribution in [-0.2, 0) is 53.3 Å². The normalized spacial score (nSPS) is 27.3. The Morgan fingerprint density at radius 3 is 1.91 bits per heavy atom. The van der Waals surface area contributed by atoms with E-state index in [9.17, 15) is 71.9 Å². The van der Waals surface area contributed by atoms with Gasteiger partial charge in [0.15, 0.2) is 6.23 Å². The molecule has 2 aromatic heterocycles. The number of H-pyrrole nitrogens is 2. The Morgan fingerprint density at radius 1 is 0.753 bits per heavy atom. The molecule has 420 valence electrons. The zero-order chi connectivity index (χ0) is 56.6. The van der Waals surface area contributed by atoms with E-state index >= 15 is 0 Å². The Balaban J connectivity index is 0.000000188. The highest BCUT2D eigenvalue weighted by atomic mass is 35.6. The van der Waals surface area contributed by atoms with Crippen molar-refractivity contribution >= 4 is 114 Å². The summed E-state index contributed by atoms with van der Waals surface area (Å²) in [5.74, 6) is -1.63. The van der Waals surface area contributed by atoms with Crippen LogP contribution in [0.2, 0.25) is 0 Å². The number of nitrogens with one attached hydrogen (secondary N) is 3. The van der Waals surface area contributed by atoms with Crippen LogP contribution in [0.3, 0.4) is 0 Å². The highest BCUT2D eigenvalue weighted by Gasteiger charge is 2.49. The molecule has 24 nitrogen and oxygen atoms in total. The highest BCUT2D eigenvalue weighted by Crippen LogP contribution is 2.45. The molecule has 7 N–H and O–H groups in total. The number of nitro groups is 1. The second-order valence-electron chi connectivity index (χ2n) is 17.2. The molecule has 0 radical (unpaired) electrons. The minimum Gasteiger partial charge on any atom is -0.394 e. The molecule has 3 saturated heterocycles. The number of non-ortho nitro benzene ring substituents is 1. The number of imide groups is 1. The van der Waals surface area contributed by atoms with Crippen molar-refractivity contribution in [3.05, 3.63) is 142 Å². The van der Waals surface area contributed by atoms with E-state index in [0.717, 1.165) is 42.7 Å². The lowest BCUT2D eigenvalue weighted by molar-refractivity contribution is -0.384. The number of rotatable bonds is 15. The molecular weight excluding hydrogens is 1200 g/mol. The number of benzene rings is 2. The Bertz CT molecular complexity index is 3140. The average molecular weight is 1250 g/mol. The number of aromatic nitrogens is 4. The molecule has 0 aliphatic carbocycles. The van der Waals surface area contributed by atoms with Gasteiger partial charge in [0.25, 0.3) is 22.7 Å². The first-order chi connectivity index (χ1) is 36.3. The van der Waals surface area contributed by atoms with Gasteiger partial charge in [0.1, 0.15) is 23.7 Å². The first kappa shape index (κ1) is 62.4. The third-order valence-corrected chi connectivity index (χ3v) is 23.5. The van der Waals surface area contributed by atoms with E-state index in [1.165, 1.54) is 47.3 Å². The van der Waals surface area contributed by atoms with Crippen molar-refractivity contribution in [3.8, 4) is 0 Å². The van der Waals surface area contributed by atoms with Gasteiger partial charge in [-0.25, -0.2) is 22.2 Å². The van der Waals surface area contributed by atoms with E-state index in [-0.39, 0.29) is 31.7 Å². The molecule has 8 rings (SSSR count). The fourth-order valence-electron chi connectivity index (χ4n) is 7.98. The summed E-state index contributed by atoms with van der Waals surface area (Å²) in [5.41, 5.74) is -0.736. The number of carbonyl (C=O) groups excluding carboxylic acids is 2. The number of hydrogen-bond donors (Lipinski definition) is 7. The van der Waals surface area contributed by atoms with Crippen LogP contribution in [0, 0.1) is 29.9 Å². The van der Waals surface area contributed by atoms with Gasteiger partial charge >= 0.3 is 11.4 Å². The monoisotopic (exact) mass is 1250 g/mol. The summed E-state index contributed by atoms with van der Waals surface area (Å²) in [6.07, 6.45) is -1.62. The van der Waals surface area contributed by atoms with Gasteiger partial charge in [0, 0.05) is 57.9 Å². The van der Waals surface area contributed by atoms with Gasteiger partial charge in [-0.2, -0.15) is 0 Å². The Morgan fingerprint density at radius 2 is 1.32 bits per heavy atom.